The van der Waals surface area contributed by atoms with Crippen LogP contribution < -0.4 is 15.5 Å². The number of pyridine rings is 1. The molecular weight excluding hydrogens is 416 g/mol. The van der Waals surface area contributed by atoms with E-state index in [0.29, 0.717) is 29.9 Å². The Labute approximate surface area is 194 Å². The van der Waals surface area contributed by atoms with Crippen molar-refractivity contribution in [2.45, 2.75) is 32.7 Å². The largest absolute Gasteiger partial charge is 0.369 e. The van der Waals surface area contributed by atoms with Crippen LogP contribution in [0.1, 0.15) is 43.2 Å². The molecule has 1 fully saturated rings. The molecular formula is C24H32N8O. The third-order valence-corrected chi connectivity index (χ3v) is 6.93. The van der Waals surface area contributed by atoms with E-state index in [1.807, 2.05) is 30.3 Å². The molecule has 1 saturated heterocycles. The molecule has 5 rings (SSSR count). The summed E-state index contributed by atoms with van der Waals surface area (Å²) in [5, 5.41) is 7.55. The lowest BCUT2D eigenvalue weighted by Crippen LogP contribution is -2.42. The summed E-state index contributed by atoms with van der Waals surface area (Å²) in [4.78, 5) is 30.9. The van der Waals surface area contributed by atoms with Crippen LogP contribution in [-0.2, 0) is 0 Å². The second-order valence-electron chi connectivity index (χ2n) is 9.13. The first-order valence-electron chi connectivity index (χ1n) is 11.9. The first-order chi connectivity index (χ1) is 16.0. The molecule has 0 radical (unpaired) electrons. The Hall–Kier alpha value is -3.20. The van der Waals surface area contributed by atoms with Gasteiger partial charge in [-0.1, -0.05) is 20.3 Å². The van der Waals surface area contributed by atoms with Gasteiger partial charge in [0.1, 0.15) is 17.2 Å². The first-order valence-corrected chi connectivity index (χ1v) is 11.9. The number of nitrogens with one attached hydrogen (secondary N) is 2. The van der Waals surface area contributed by atoms with Gasteiger partial charge in [-0.2, -0.15) is 4.98 Å². The quantitative estimate of drug-likeness (QED) is 0.620. The summed E-state index contributed by atoms with van der Waals surface area (Å²) in [6.07, 6.45) is 5.85. The third-order valence-electron chi connectivity index (χ3n) is 6.93. The second-order valence-corrected chi connectivity index (χ2v) is 9.13. The molecule has 1 unspecified atom stereocenters. The average molecular weight is 449 g/mol. The lowest BCUT2D eigenvalue weighted by Gasteiger charge is -2.35. The number of hydrogen-bond acceptors (Lipinski definition) is 7. The van der Waals surface area contributed by atoms with Crippen molar-refractivity contribution >= 4 is 34.4 Å². The molecule has 0 spiro atoms. The van der Waals surface area contributed by atoms with Crippen LogP contribution in [-0.4, -0.2) is 70.1 Å². The van der Waals surface area contributed by atoms with Gasteiger partial charge in [0.05, 0.1) is 17.9 Å². The SMILES string of the molecule is CC[C@H](C)C1CN(C)C(=O)c2cc3cnc(Nc4ccc(N5CCCNCC5)cn4)nc3n21. The number of carbonyl (C=O) groups is 1. The van der Waals surface area contributed by atoms with Crippen LogP contribution in [0.25, 0.3) is 11.0 Å². The summed E-state index contributed by atoms with van der Waals surface area (Å²) in [7, 11) is 1.87. The standard InChI is InChI=1S/C24H32N8O/c1-4-16(2)20-15-30(3)23(33)19-12-17-13-27-24(29-22(17)32(19)20)28-21-7-6-18(14-26-21)31-10-5-8-25-9-11-31/h6-7,12-14,16,20,25H,4-5,8-11,15H2,1-3H3,(H,26,27,28,29)/t16-,20?/m0/s1. The Balaban J connectivity index is 1.42. The van der Waals surface area contributed by atoms with Crippen LogP contribution >= 0.6 is 0 Å². The number of likely N-dealkylation sites (N-methyl/N-ethyl adjacent to an activating group) is 1. The lowest BCUT2D eigenvalue weighted by molar-refractivity contribution is 0.0692. The van der Waals surface area contributed by atoms with Crippen molar-refractivity contribution in [2.24, 2.45) is 5.92 Å². The van der Waals surface area contributed by atoms with Crippen molar-refractivity contribution in [2.75, 3.05) is 50.0 Å². The molecule has 1 amide bonds. The molecule has 9 nitrogen and oxygen atoms in total. The van der Waals surface area contributed by atoms with Gasteiger partial charge in [0.15, 0.2) is 0 Å². The zero-order valence-corrected chi connectivity index (χ0v) is 19.6. The van der Waals surface area contributed by atoms with E-state index in [1.165, 1.54) is 0 Å². The molecule has 2 atom stereocenters. The number of nitrogens with zero attached hydrogens (tertiary/aromatic N) is 6. The number of fused-ring (bicyclic) bond motifs is 3. The van der Waals surface area contributed by atoms with Crippen molar-refractivity contribution in [3.63, 3.8) is 0 Å². The highest BCUT2D eigenvalue weighted by Crippen LogP contribution is 2.33. The highest BCUT2D eigenvalue weighted by Gasteiger charge is 2.34. The summed E-state index contributed by atoms with van der Waals surface area (Å²) in [6.45, 7) is 9.18. The predicted molar refractivity (Wildman–Crippen MR) is 130 cm³/mol. The zero-order chi connectivity index (χ0) is 22.9. The minimum absolute atomic E-state index is 0.0306. The molecule has 0 aliphatic carbocycles. The highest BCUT2D eigenvalue weighted by atomic mass is 16.2. The van der Waals surface area contributed by atoms with Crippen molar-refractivity contribution in [1.29, 1.82) is 0 Å². The van der Waals surface area contributed by atoms with Gasteiger partial charge < -0.3 is 25.0 Å². The van der Waals surface area contributed by atoms with Crippen LogP contribution in [0, 0.1) is 5.92 Å². The maximum absolute atomic E-state index is 12.8. The van der Waals surface area contributed by atoms with Gasteiger partial charge in [-0.25, -0.2) is 9.97 Å². The third kappa shape index (κ3) is 4.13. The monoisotopic (exact) mass is 448 g/mol. The summed E-state index contributed by atoms with van der Waals surface area (Å²) in [6, 6.07) is 6.16. The maximum atomic E-state index is 12.8. The topological polar surface area (TPSA) is 91.2 Å². The number of rotatable bonds is 5. The van der Waals surface area contributed by atoms with Crippen molar-refractivity contribution in [1.82, 2.24) is 29.7 Å². The summed E-state index contributed by atoms with van der Waals surface area (Å²) in [5.74, 6) is 1.63. The summed E-state index contributed by atoms with van der Waals surface area (Å²) < 4.78 is 2.11. The second kappa shape index (κ2) is 8.97. The molecule has 3 aromatic heterocycles. The molecule has 3 aromatic rings. The average Bonchev–Trinajstić information content (AvgIpc) is 3.01. The fourth-order valence-electron chi connectivity index (χ4n) is 4.78. The van der Waals surface area contributed by atoms with Gasteiger partial charge in [-0.3, -0.25) is 4.79 Å². The van der Waals surface area contributed by atoms with Crippen LogP contribution in [0.3, 0.4) is 0 Å². The van der Waals surface area contributed by atoms with E-state index in [1.54, 1.807) is 6.20 Å². The Morgan fingerprint density at radius 1 is 1.21 bits per heavy atom. The van der Waals surface area contributed by atoms with E-state index in [2.05, 4.69) is 50.0 Å². The molecule has 5 heterocycles. The van der Waals surface area contributed by atoms with Crippen LogP contribution in [0.2, 0.25) is 0 Å². The number of aromatic nitrogens is 4. The minimum atomic E-state index is 0.0306. The Bertz CT molecular complexity index is 1130. The number of amides is 1. The van der Waals surface area contributed by atoms with Crippen molar-refractivity contribution in [3.05, 3.63) is 36.3 Å². The van der Waals surface area contributed by atoms with E-state index in [-0.39, 0.29) is 11.9 Å². The van der Waals surface area contributed by atoms with Gasteiger partial charge in [0.25, 0.3) is 5.91 Å². The predicted octanol–water partition coefficient (Wildman–Crippen LogP) is 3.04. The van der Waals surface area contributed by atoms with E-state index in [4.69, 9.17) is 4.98 Å². The van der Waals surface area contributed by atoms with E-state index >= 15 is 0 Å². The summed E-state index contributed by atoms with van der Waals surface area (Å²) >= 11 is 0. The van der Waals surface area contributed by atoms with Gasteiger partial charge in [-0.15, -0.1) is 0 Å². The lowest BCUT2D eigenvalue weighted by atomic mass is 9.96. The van der Waals surface area contributed by atoms with Gasteiger partial charge in [0, 0.05) is 44.8 Å². The molecule has 0 aromatic carbocycles. The van der Waals surface area contributed by atoms with E-state index in [0.717, 1.165) is 55.7 Å². The molecule has 174 valence electrons. The maximum Gasteiger partial charge on any atom is 0.270 e. The van der Waals surface area contributed by atoms with Gasteiger partial charge in [0.2, 0.25) is 5.95 Å². The zero-order valence-electron chi connectivity index (χ0n) is 19.6. The number of hydrogen-bond donors (Lipinski definition) is 2. The highest BCUT2D eigenvalue weighted by molar-refractivity contribution is 5.98. The van der Waals surface area contributed by atoms with Crippen molar-refractivity contribution in [3.8, 4) is 0 Å². The molecule has 2 aliphatic heterocycles. The van der Waals surface area contributed by atoms with Gasteiger partial charge in [-0.05, 0) is 37.1 Å². The normalized spacial score (nSPS) is 20.0. The van der Waals surface area contributed by atoms with E-state index in [9.17, 15) is 4.79 Å². The Morgan fingerprint density at radius 3 is 2.88 bits per heavy atom. The van der Waals surface area contributed by atoms with Gasteiger partial charge >= 0.3 is 0 Å². The summed E-state index contributed by atoms with van der Waals surface area (Å²) in [5.41, 5.74) is 2.60. The molecule has 2 N–H and O–H groups in total. The van der Waals surface area contributed by atoms with Crippen LogP contribution in [0.15, 0.2) is 30.6 Å². The molecule has 0 bridgehead atoms. The molecule has 9 heteroatoms. The van der Waals surface area contributed by atoms with Crippen LogP contribution in [0.4, 0.5) is 17.5 Å². The van der Waals surface area contributed by atoms with E-state index < -0.39 is 0 Å². The minimum Gasteiger partial charge on any atom is -0.369 e. The number of anilines is 3. The molecule has 2 aliphatic rings. The fraction of sp³-hybridized carbons (Fsp3) is 0.500. The Kier molecular flexibility index (Phi) is 5.88. The van der Waals surface area contributed by atoms with Crippen molar-refractivity contribution < 1.29 is 4.79 Å². The first kappa shape index (κ1) is 21.6. The number of carbonyl (C=O) groups excluding carboxylic acids is 1. The molecule has 33 heavy (non-hydrogen) atoms. The fourth-order valence-corrected chi connectivity index (χ4v) is 4.78. The van der Waals surface area contributed by atoms with Crippen LogP contribution in [0.5, 0.6) is 0 Å². The Morgan fingerprint density at radius 2 is 2.09 bits per heavy atom. The molecule has 0 saturated carbocycles. The smallest absolute Gasteiger partial charge is 0.270 e.